The molecule has 15 heavy (non-hydrogen) atoms. The summed E-state index contributed by atoms with van der Waals surface area (Å²) in [5, 5.41) is 4.13. The Morgan fingerprint density at radius 3 is 2.87 bits per heavy atom. The van der Waals surface area contributed by atoms with Gasteiger partial charge in [0.2, 0.25) is 5.91 Å². The smallest absolute Gasteiger partial charge is 0.219 e. The van der Waals surface area contributed by atoms with Gasteiger partial charge in [0, 0.05) is 24.8 Å². The van der Waals surface area contributed by atoms with Crippen LogP contribution in [0, 0.1) is 5.41 Å². The third-order valence-electron chi connectivity index (χ3n) is 2.13. The number of amides is 1. The molecule has 0 aromatic carbocycles. The largest absolute Gasteiger partial charge is 0.370 e. The molecule has 5 heteroatoms. The first-order valence-electron chi connectivity index (χ1n) is 5.11. The van der Waals surface area contributed by atoms with Crippen LogP contribution in [0.25, 0.3) is 0 Å². The standard InChI is InChI=1S/C10H19N3OS/c1-7(4-8(11)14)13-9-12-5-10(2,3)6-15-9/h7H,4-6H2,1-3H3,(H2,11,14)(H,12,13). The van der Waals surface area contributed by atoms with E-state index >= 15 is 0 Å². The maximum absolute atomic E-state index is 10.7. The Bertz CT molecular complexity index is 276. The summed E-state index contributed by atoms with van der Waals surface area (Å²) in [6.45, 7) is 7.18. The SMILES string of the molecule is CC(CC(N)=O)NC1=NCC(C)(C)CS1. The number of hydrogen-bond donors (Lipinski definition) is 2. The van der Waals surface area contributed by atoms with Crippen LogP contribution in [0.5, 0.6) is 0 Å². The second-order valence-corrected chi connectivity index (χ2v) is 5.75. The number of nitrogens with two attached hydrogens (primary N) is 1. The van der Waals surface area contributed by atoms with Crippen LogP contribution in [0.3, 0.4) is 0 Å². The van der Waals surface area contributed by atoms with Crippen LogP contribution in [0.15, 0.2) is 4.99 Å². The van der Waals surface area contributed by atoms with Crippen molar-refractivity contribution in [2.45, 2.75) is 33.2 Å². The predicted octanol–water partition coefficient (Wildman–Crippen LogP) is 0.969. The molecule has 0 aromatic heterocycles. The molecule has 1 aliphatic rings. The second-order valence-electron chi connectivity index (χ2n) is 4.79. The fraction of sp³-hybridized carbons (Fsp3) is 0.800. The number of thioether (sulfide) groups is 1. The van der Waals surface area contributed by atoms with Gasteiger partial charge in [-0.15, -0.1) is 0 Å². The Morgan fingerprint density at radius 2 is 2.40 bits per heavy atom. The molecule has 1 rings (SSSR count). The van der Waals surface area contributed by atoms with Crippen molar-refractivity contribution in [3.05, 3.63) is 0 Å². The average molecular weight is 229 g/mol. The van der Waals surface area contributed by atoms with Gasteiger partial charge in [-0.2, -0.15) is 0 Å². The molecule has 0 aliphatic carbocycles. The van der Waals surface area contributed by atoms with Crippen LogP contribution in [0.1, 0.15) is 27.2 Å². The van der Waals surface area contributed by atoms with Gasteiger partial charge in [0.05, 0.1) is 0 Å². The van der Waals surface area contributed by atoms with Crippen molar-refractivity contribution < 1.29 is 4.79 Å². The zero-order valence-electron chi connectivity index (χ0n) is 9.54. The topological polar surface area (TPSA) is 67.5 Å². The van der Waals surface area contributed by atoms with Gasteiger partial charge in [0.15, 0.2) is 5.17 Å². The molecule has 0 saturated carbocycles. The molecule has 1 heterocycles. The summed E-state index contributed by atoms with van der Waals surface area (Å²) >= 11 is 1.71. The van der Waals surface area contributed by atoms with Gasteiger partial charge in [0.1, 0.15) is 0 Å². The lowest BCUT2D eigenvalue weighted by atomic mass is 9.97. The van der Waals surface area contributed by atoms with E-state index in [1.54, 1.807) is 11.8 Å². The minimum Gasteiger partial charge on any atom is -0.370 e. The van der Waals surface area contributed by atoms with E-state index in [4.69, 9.17) is 5.73 Å². The molecule has 86 valence electrons. The lowest BCUT2D eigenvalue weighted by Gasteiger charge is -2.28. The highest BCUT2D eigenvalue weighted by molar-refractivity contribution is 8.13. The van der Waals surface area contributed by atoms with Crippen LogP contribution in [-0.2, 0) is 4.79 Å². The molecular formula is C10H19N3OS. The number of nitrogens with one attached hydrogen (secondary N) is 1. The highest BCUT2D eigenvalue weighted by atomic mass is 32.2. The van der Waals surface area contributed by atoms with Crippen LogP contribution in [-0.4, -0.2) is 29.4 Å². The van der Waals surface area contributed by atoms with Crippen LogP contribution in [0.2, 0.25) is 0 Å². The van der Waals surface area contributed by atoms with Gasteiger partial charge >= 0.3 is 0 Å². The van der Waals surface area contributed by atoms with E-state index in [0.29, 0.717) is 6.42 Å². The quantitative estimate of drug-likeness (QED) is 0.757. The lowest BCUT2D eigenvalue weighted by molar-refractivity contribution is -0.118. The number of hydrogen-bond acceptors (Lipinski definition) is 4. The lowest BCUT2D eigenvalue weighted by Crippen LogP contribution is -2.38. The monoisotopic (exact) mass is 229 g/mol. The van der Waals surface area contributed by atoms with Crippen LogP contribution >= 0.6 is 11.8 Å². The number of carbonyl (C=O) groups is 1. The van der Waals surface area contributed by atoms with Gasteiger partial charge in [-0.05, 0) is 12.3 Å². The molecular weight excluding hydrogens is 210 g/mol. The van der Waals surface area contributed by atoms with Gasteiger partial charge < -0.3 is 11.1 Å². The third kappa shape index (κ3) is 4.55. The fourth-order valence-electron chi connectivity index (χ4n) is 1.29. The van der Waals surface area contributed by atoms with Gasteiger partial charge in [-0.1, -0.05) is 25.6 Å². The number of aliphatic imine (C=N–C) groups is 1. The van der Waals surface area contributed by atoms with E-state index in [1.807, 2.05) is 6.92 Å². The zero-order valence-corrected chi connectivity index (χ0v) is 10.4. The molecule has 0 radical (unpaired) electrons. The van der Waals surface area contributed by atoms with E-state index in [9.17, 15) is 4.79 Å². The Hall–Kier alpha value is -0.710. The average Bonchev–Trinajstić information content (AvgIpc) is 2.07. The molecule has 0 saturated heterocycles. The van der Waals surface area contributed by atoms with Gasteiger partial charge in [-0.3, -0.25) is 9.79 Å². The summed E-state index contributed by atoms with van der Waals surface area (Å²) in [4.78, 5) is 15.1. The van der Waals surface area contributed by atoms with Crippen LogP contribution in [0.4, 0.5) is 0 Å². The van der Waals surface area contributed by atoms with Crippen molar-refractivity contribution in [3.63, 3.8) is 0 Å². The van der Waals surface area contributed by atoms with Gasteiger partial charge in [0.25, 0.3) is 0 Å². The summed E-state index contributed by atoms with van der Waals surface area (Å²) in [5.74, 6) is 0.777. The first kappa shape index (κ1) is 12.4. The molecule has 1 aliphatic heterocycles. The van der Waals surface area contributed by atoms with E-state index in [1.165, 1.54) is 0 Å². The predicted molar refractivity (Wildman–Crippen MR) is 65.0 cm³/mol. The molecule has 4 nitrogen and oxygen atoms in total. The molecule has 0 spiro atoms. The van der Waals surface area contributed by atoms with Gasteiger partial charge in [-0.25, -0.2) is 0 Å². The Morgan fingerprint density at radius 1 is 1.73 bits per heavy atom. The van der Waals surface area contributed by atoms with E-state index in [2.05, 4.69) is 24.2 Å². The number of amidine groups is 1. The minimum atomic E-state index is -0.281. The number of rotatable bonds is 3. The molecule has 1 amide bonds. The first-order chi connectivity index (χ1) is 6.89. The Balaban J connectivity index is 2.40. The number of nitrogens with zero attached hydrogens (tertiary/aromatic N) is 1. The number of primary amides is 1. The summed E-state index contributed by atoms with van der Waals surface area (Å²) in [6.07, 6.45) is 0.350. The van der Waals surface area contributed by atoms with Crippen molar-refractivity contribution in [1.82, 2.24) is 5.32 Å². The highest BCUT2D eigenvalue weighted by Crippen LogP contribution is 2.27. The van der Waals surface area contributed by atoms with Crippen LogP contribution < -0.4 is 11.1 Å². The van der Waals surface area contributed by atoms with E-state index < -0.39 is 0 Å². The summed E-state index contributed by atoms with van der Waals surface area (Å²) in [6, 6.07) is 0.0648. The molecule has 1 unspecified atom stereocenters. The summed E-state index contributed by atoms with van der Waals surface area (Å²) < 4.78 is 0. The Kier molecular flexibility index (Phi) is 4.02. The summed E-state index contributed by atoms with van der Waals surface area (Å²) in [5.41, 5.74) is 5.40. The van der Waals surface area contributed by atoms with Crippen molar-refractivity contribution in [2.75, 3.05) is 12.3 Å². The first-order valence-corrected chi connectivity index (χ1v) is 6.10. The van der Waals surface area contributed by atoms with Crippen molar-refractivity contribution in [2.24, 2.45) is 16.1 Å². The van der Waals surface area contributed by atoms with Crippen molar-refractivity contribution in [1.29, 1.82) is 0 Å². The van der Waals surface area contributed by atoms with Crippen molar-refractivity contribution in [3.8, 4) is 0 Å². The highest BCUT2D eigenvalue weighted by Gasteiger charge is 2.23. The maximum atomic E-state index is 10.7. The zero-order chi connectivity index (χ0) is 11.5. The molecule has 0 fully saturated rings. The fourth-order valence-corrected chi connectivity index (χ4v) is 2.35. The second kappa shape index (κ2) is 4.88. The summed E-state index contributed by atoms with van der Waals surface area (Å²) in [7, 11) is 0. The van der Waals surface area contributed by atoms with Crippen molar-refractivity contribution >= 4 is 22.8 Å². The normalized spacial score (nSPS) is 21.7. The molecule has 1 atom stereocenters. The molecule has 3 N–H and O–H groups in total. The molecule has 0 bridgehead atoms. The minimum absolute atomic E-state index is 0.0648. The third-order valence-corrected chi connectivity index (χ3v) is 3.57. The number of carbonyl (C=O) groups excluding carboxylic acids is 1. The molecule has 0 aromatic rings. The maximum Gasteiger partial charge on any atom is 0.219 e. The van der Waals surface area contributed by atoms with E-state index in [0.717, 1.165) is 17.5 Å². The Labute approximate surface area is 95.1 Å². The van der Waals surface area contributed by atoms with E-state index in [-0.39, 0.29) is 17.4 Å².